The summed E-state index contributed by atoms with van der Waals surface area (Å²) in [5, 5.41) is 2.10. The smallest absolute Gasteiger partial charge is 0.0549 e. The molecule has 0 aliphatic carbocycles. The first-order chi connectivity index (χ1) is 14.8. The van der Waals surface area contributed by atoms with Gasteiger partial charge in [0.05, 0.1) is 7.27 Å². The molecule has 0 amide bonds. The van der Waals surface area contributed by atoms with Gasteiger partial charge in [-0.15, -0.1) is 0 Å². The lowest BCUT2D eigenvalue weighted by molar-refractivity contribution is 1.64. The summed E-state index contributed by atoms with van der Waals surface area (Å²) < 4.78 is 0. The largest absolute Gasteiger partial charge is 0.0858 e. The normalized spacial score (nSPS) is 9.93. The van der Waals surface area contributed by atoms with Gasteiger partial charge < -0.3 is 0 Å². The molecule has 0 N–H and O–H groups in total. The van der Waals surface area contributed by atoms with Crippen molar-refractivity contribution in [3.05, 3.63) is 131 Å². The van der Waals surface area contributed by atoms with Gasteiger partial charge >= 0.3 is 0 Å². The molecular weight excluding hydrogens is 403 g/mol. The van der Waals surface area contributed by atoms with Crippen molar-refractivity contribution in [2.45, 2.75) is 0 Å². The average molecular weight is 421 g/mol. The number of halogens is 1. The van der Waals surface area contributed by atoms with Gasteiger partial charge in [-0.1, -0.05) is 108 Å². The summed E-state index contributed by atoms with van der Waals surface area (Å²) in [5.74, 6) is 13.1. The summed E-state index contributed by atoms with van der Waals surface area (Å²) in [6.45, 7) is 0. The van der Waals surface area contributed by atoms with Crippen molar-refractivity contribution in [3.63, 3.8) is 0 Å². The molecule has 4 aromatic carbocycles. The molecule has 0 aliphatic rings. The molecule has 0 aromatic heterocycles. The van der Waals surface area contributed by atoms with Gasteiger partial charge in [0.2, 0.25) is 0 Å². The highest BCUT2D eigenvalue weighted by Gasteiger charge is 2.16. The molecule has 0 atom stereocenters. The zero-order valence-electron chi connectivity index (χ0n) is 16.2. The maximum absolute atomic E-state index is 7.03. The summed E-state index contributed by atoms with van der Waals surface area (Å²) in [4.78, 5) is 0. The van der Waals surface area contributed by atoms with Gasteiger partial charge in [-0.25, -0.2) is 0 Å². The zero-order valence-corrected chi connectivity index (χ0v) is 17.9. The SMILES string of the molecule is ClP(c1ccccc1C#Cc1ccccc1)c1ccccc1C#Cc1ccccc1. The molecule has 0 spiro atoms. The van der Waals surface area contributed by atoms with Gasteiger partial charge in [0.25, 0.3) is 0 Å². The number of benzene rings is 4. The third-order valence-electron chi connectivity index (χ3n) is 4.46. The van der Waals surface area contributed by atoms with Crippen LogP contribution in [0.5, 0.6) is 0 Å². The van der Waals surface area contributed by atoms with Crippen molar-refractivity contribution in [2.24, 2.45) is 0 Å². The molecule has 30 heavy (non-hydrogen) atoms. The minimum absolute atomic E-state index is 0.952. The third kappa shape index (κ3) is 5.00. The Bertz CT molecular complexity index is 1150. The van der Waals surface area contributed by atoms with E-state index in [-0.39, 0.29) is 0 Å². The predicted octanol–water partition coefficient (Wildman–Crippen LogP) is 6.07. The van der Waals surface area contributed by atoms with Crippen LogP contribution in [-0.4, -0.2) is 0 Å². The standard InChI is InChI=1S/C28H18ClP/c29-30(27-17-9-7-15-25(27)21-19-23-11-3-1-4-12-23)28-18-10-8-16-26(28)22-20-24-13-5-2-6-14-24/h1-18H. The Morgan fingerprint density at radius 2 is 0.800 bits per heavy atom. The van der Waals surface area contributed by atoms with Crippen LogP contribution < -0.4 is 10.6 Å². The molecule has 0 bridgehead atoms. The van der Waals surface area contributed by atoms with E-state index in [9.17, 15) is 0 Å². The average Bonchev–Trinajstić information content (AvgIpc) is 2.83. The van der Waals surface area contributed by atoms with Gasteiger partial charge in [-0.05, 0) is 36.4 Å². The van der Waals surface area contributed by atoms with Gasteiger partial charge in [-0.3, -0.25) is 0 Å². The molecule has 0 saturated carbocycles. The monoisotopic (exact) mass is 420 g/mol. The first kappa shape index (κ1) is 20.0. The number of rotatable bonds is 2. The van der Waals surface area contributed by atoms with Gasteiger partial charge in [0, 0.05) is 32.9 Å². The summed E-state index contributed by atoms with van der Waals surface area (Å²) in [6, 6.07) is 36.2. The fourth-order valence-electron chi connectivity index (χ4n) is 2.95. The Labute approximate surface area is 184 Å². The van der Waals surface area contributed by atoms with Crippen LogP contribution >= 0.6 is 18.5 Å². The summed E-state index contributed by atoms with van der Waals surface area (Å²) >= 11 is 7.03. The van der Waals surface area contributed by atoms with E-state index in [1.165, 1.54) is 0 Å². The fourth-order valence-corrected chi connectivity index (χ4v) is 5.21. The molecule has 0 radical (unpaired) electrons. The highest BCUT2D eigenvalue weighted by atomic mass is 35.7. The Balaban J connectivity index is 1.69. The van der Waals surface area contributed by atoms with Crippen molar-refractivity contribution in [2.75, 3.05) is 0 Å². The number of hydrogen-bond donors (Lipinski definition) is 0. The summed E-state index contributed by atoms with van der Waals surface area (Å²) in [7, 11) is -1.11. The maximum Gasteiger partial charge on any atom is 0.0549 e. The van der Waals surface area contributed by atoms with Crippen molar-refractivity contribution in [1.82, 2.24) is 0 Å². The van der Waals surface area contributed by atoms with Crippen LogP contribution in [0, 0.1) is 23.7 Å². The van der Waals surface area contributed by atoms with Crippen LogP contribution in [0.3, 0.4) is 0 Å². The number of hydrogen-bond acceptors (Lipinski definition) is 0. The Morgan fingerprint density at radius 3 is 1.23 bits per heavy atom. The molecule has 0 heterocycles. The fraction of sp³-hybridized carbons (Fsp3) is 0. The van der Waals surface area contributed by atoms with E-state index in [2.05, 4.69) is 35.8 Å². The van der Waals surface area contributed by atoms with Crippen LogP contribution in [0.1, 0.15) is 22.3 Å². The van der Waals surface area contributed by atoms with E-state index in [1.54, 1.807) is 0 Å². The Morgan fingerprint density at radius 1 is 0.433 bits per heavy atom. The third-order valence-corrected chi connectivity index (χ3v) is 7.18. The van der Waals surface area contributed by atoms with E-state index in [0.29, 0.717) is 0 Å². The van der Waals surface area contributed by atoms with E-state index in [1.807, 2.05) is 97.1 Å². The second-order valence-electron chi connectivity index (χ2n) is 6.55. The Hall–Kier alpha value is -3.28. The minimum atomic E-state index is -1.11. The lowest BCUT2D eigenvalue weighted by Crippen LogP contribution is -2.14. The zero-order chi connectivity index (χ0) is 20.6. The summed E-state index contributed by atoms with van der Waals surface area (Å²) in [5.41, 5.74) is 3.88. The molecule has 4 aromatic rings. The van der Waals surface area contributed by atoms with Gasteiger partial charge in [-0.2, -0.15) is 0 Å². The lowest BCUT2D eigenvalue weighted by Gasteiger charge is -2.14. The Kier molecular flexibility index (Phi) is 6.65. The molecule has 0 nitrogen and oxygen atoms in total. The van der Waals surface area contributed by atoms with Crippen molar-refractivity contribution >= 4 is 29.1 Å². The molecule has 0 unspecified atom stereocenters. The topological polar surface area (TPSA) is 0 Å². The van der Waals surface area contributed by atoms with Gasteiger partial charge in [0.15, 0.2) is 0 Å². The lowest BCUT2D eigenvalue weighted by atomic mass is 10.2. The highest BCUT2D eigenvalue weighted by Crippen LogP contribution is 2.40. The van der Waals surface area contributed by atoms with E-state index < -0.39 is 7.27 Å². The molecule has 2 heteroatoms. The first-order valence-electron chi connectivity index (χ1n) is 9.59. The molecule has 4 rings (SSSR count). The first-order valence-corrected chi connectivity index (χ1v) is 11.8. The van der Waals surface area contributed by atoms with Crippen LogP contribution in [0.2, 0.25) is 0 Å². The van der Waals surface area contributed by atoms with E-state index in [4.69, 9.17) is 11.2 Å². The second kappa shape index (κ2) is 9.96. The van der Waals surface area contributed by atoms with Crippen LogP contribution in [0.4, 0.5) is 0 Å². The van der Waals surface area contributed by atoms with E-state index >= 15 is 0 Å². The highest BCUT2D eigenvalue weighted by molar-refractivity contribution is 7.95. The van der Waals surface area contributed by atoms with Crippen LogP contribution in [0.15, 0.2) is 109 Å². The quantitative estimate of drug-likeness (QED) is 0.272. The predicted molar refractivity (Wildman–Crippen MR) is 130 cm³/mol. The van der Waals surface area contributed by atoms with Crippen molar-refractivity contribution in [1.29, 1.82) is 0 Å². The van der Waals surface area contributed by atoms with Crippen molar-refractivity contribution in [3.8, 4) is 23.7 Å². The second-order valence-corrected chi connectivity index (χ2v) is 9.09. The minimum Gasteiger partial charge on any atom is -0.0858 e. The van der Waals surface area contributed by atoms with Gasteiger partial charge in [0.1, 0.15) is 0 Å². The molecule has 0 fully saturated rings. The van der Waals surface area contributed by atoms with Crippen LogP contribution in [-0.2, 0) is 0 Å². The van der Waals surface area contributed by atoms with Crippen molar-refractivity contribution < 1.29 is 0 Å². The molecule has 0 saturated heterocycles. The molecular formula is C28H18ClP. The molecule has 142 valence electrons. The van der Waals surface area contributed by atoms with E-state index in [0.717, 1.165) is 32.9 Å². The van der Waals surface area contributed by atoms with Crippen LogP contribution in [0.25, 0.3) is 0 Å². The molecule has 0 aliphatic heterocycles. The maximum atomic E-state index is 7.03. The summed E-state index contributed by atoms with van der Waals surface area (Å²) in [6.07, 6.45) is 0.